The lowest BCUT2D eigenvalue weighted by molar-refractivity contribution is -0.138. The van der Waals surface area contributed by atoms with Crippen LogP contribution in [0.2, 0.25) is 0 Å². The van der Waals surface area contributed by atoms with E-state index in [4.69, 9.17) is 0 Å². The van der Waals surface area contributed by atoms with Gasteiger partial charge in [-0.15, -0.1) is 0 Å². The number of hydrogen-bond acceptors (Lipinski definition) is 3. The summed E-state index contributed by atoms with van der Waals surface area (Å²) in [7, 11) is -3.60. The van der Waals surface area contributed by atoms with Crippen LogP contribution in [0.25, 0.3) is 0 Å². The molecule has 2 N–H and O–H groups in total. The van der Waals surface area contributed by atoms with Crippen LogP contribution in [-0.2, 0) is 21.2 Å². The van der Waals surface area contributed by atoms with Crippen LogP contribution in [0.1, 0.15) is 32.3 Å². The SMILES string of the molecule is CCC(CC)CS(=O)(=O)N[C@@H](Cc1ccccc1)C(=O)O. The molecule has 6 heteroatoms. The third kappa shape index (κ3) is 6.27. The molecular formula is C15H23NO4S. The Morgan fingerprint density at radius 1 is 1.19 bits per heavy atom. The highest BCUT2D eigenvalue weighted by molar-refractivity contribution is 7.89. The maximum atomic E-state index is 12.1. The topological polar surface area (TPSA) is 83.5 Å². The van der Waals surface area contributed by atoms with Gasteiger partial charge in [0.05, 0.1) is 5.75 Å². The molecule has 1 atom stereocenters. The van der Waals surface area contributed by atoms with Crippen LogP contribution in [0.4, 0.5) is 0 Å². The molecule has 0 amide bonds. The molecule has 0 aliphatic rings. The summed E-state index contributed by atoms with van der Waals surface area (Å²) in [4.78, 5) is 11.3. The Labute approximate surface area is 126 Å². The summed E-state index contributed by atoms with van der Waals surface area (Å²) in [5.41, 5.74) is 0.787. The molecule has 0 bridgehead atoms. The quantitative estimate of drug-likeness (QED) is 0.731. The van der Waals surface area contributed by atoms with E-state index in [2.05, 4.69) is 4.72 Å². The first-order valence-electron chi connectivity index (χ1n) is 7.14. The number of hydrogen-bond donors (Lipinski definition) is 2. The molecule has 0 aliphatic heterocycles. The van der Waals surface area contributed by atoms with Gasteiger partial charge in [-0.25, -0.2) is 13.1 Å². The van der Waals surface area contributed by atoms with E-state index in [0.717, 1.165) is 18.4 Å². The van der Waals surface area contributed by atoms with Crippen molar-refractivity contribution in [3.63, 3.8) is 0 Å². The van der Waals surface area contributed by atoms with E-state index in [9.17, 15) is 18.3 Å². The van der Waals surface area contributed by atoms with Crippen molar-refractivity contribution in [1.82, 2.24) is 4.72 Å². The van der Waals surface area contributed by atoms with Gasteiger partial charge in [0.15, 0.2) is 0 Å². The monoisotopic (exact) mass is 313 g/mol. The Kier molecular flexibility index (Phi) is 6.84. The molecule has 0 fully saturated rings. The average Bonchev–Trinajstić information content (AvgIpc) is 2.45. The predicted molar refractivity (Wildman–Crippen MR) is 82.6 cm³/mol. The van der Waals surface area contributed by atoms with Gasteiger partial charge >= 0.3 is 5.97 Å². The van der Waals surface area contributed by atoms with Gasteiger partial charge in [0.25, 0.3) is 0 Å². The van der Waals surface area contributed by atoms with Crippen LogP contribution in [0, 0.1) is 5.92 Å². The first-order valence-corrected chi connectivity index (χ1v) is 8.79. The minimum Gasteiger partial charge on any atom is -0.480 e. The minimum absolute atomic E-state index is 0.0292. The predicted octanol–water partition coefficient (Wildman–Crippen LogP) is 2.04. The lowest BCUT2D eigenvalue weighted by atomic mass is 10.1. The van der Waals surface area contributed by atoms with Gasteiger partial charge < -0.3 is 5.11 Å². The molecule has 5 nitrogen and oxygen atoms in total. The van der Waals surface area contributed by atoms with Gasteiger partial charge in [0.1, 0.15) is 6.04 Å². The maximum absolute atomic E-state index is 12.1. The molecule has 21 heavy (non-hydrogen) atoms. The average molecular weight is 313 g/mol. The van der Waals surface area contributed by atoms with E-state index in [0.29, 0.717) is 0 Å². The summed E-state index contributed by atoms with van der Waals surface area (Å²) in [5, 5.41) is 9.22. The van der Waals surface area contributed by atoms with Gasteiger partial charge in [-0.1, -0.05) is 57.0 Å². The molecule has 0 saturated carbocycles. The maximum Gasteiger partial charge on any atom is 0.322 e. The molecule has 0 saturated heterocycles. The van der Waals surface area contributed by atoms with Crippen molar-refractivity contribution in [2.45, 2.75) is 39.2 Å². The molecule has 0 heterocycles. The Hall–Kier alpha value is -1.40. The van der Waals surface area contributed by atoms with Crippen LogP contribution < -0.4 is 4.72 Å². The standard InChI is InChI=1S/C15H23NO4S/c1-3-12(4-2)11-21(19,20)16-14(15(17)18)10-13-8-6-5-7-9-13/h5-9,12,14,16H,3-4,10-11H2,1-2H3,(H,17,18)/t14-/m0/s1. The summed E-state index contributed by atoms with van der Waals surface area (Å²) in [6.07, 6.45) is 1.65. The van der Waals surface area contributed by atoms with Crippen molar-refractivity contribution < 1.29 is 18.3 Å². The minimum atomic E-state index is -3.60. The third-order valence-corrected chi connectivity index (χ3v) is 5.07. The highest BCUT2D eigenvalue weighted by atomic mass is 32.2. The molecule has 0 unspecified atom stereocenters. The second-order valence-corrected chi connectivity index (χ2v) is 6.96. The summed E-state index contributed by atoms with van der Waals surface area (Å²) >= 11 is 0. The van der Waals surface area contributed by atoms with E-state index >= 15 is 0 Å². The molecule has 0 aliphatic carbocycles. The van der Waals surface area contributed by atoms with E-state index < -0.39 is 22.0 Å². The van der Waals surface area contributed by atoms with Crippen LogP contribution in [-0.4, -0.2) is 31.3 Å². The second kappa shape index (κ2) is 8.14. The number of aliphatic carboxylic acids is 1. The molecule has 0 spiro atoms. The van der Waals surface area contributed by atoms with E-state index in [1.165, 1.54) is 0 Å². The molecule has 1 rings (SSSR count). The number of sulfonamides is 1. The van der Waals surface area contributed by atoms with Crippen LogP contribution in [0.15, 0.2) is 30.3 Å². The van der Waals surface area contributed by atoms with Crippen LogP contribution in [0.5, 0.6) is 0 Å². The Bertz CT molecular complexity index is 538. The number of nitrogens with one attached hydrogen (secondary N) is 1. The molecule has 0 aromatic heterocycles. The van der Waals surface area contributed by atoms with Crippen LogP contribution >= 0.6 is 0 Å². The van der Waals surface area contributed by atoms with Gasteiger partial charge in [0.2, 0.25) is 10.0 Å². The Morgan fingerprint density at radius 3 is 2.24 bits per heavy atom. The zero-order valence-corrected chi connectivity index (χ0v) is 13.3. The zero-order chi connectivity index (χ0) is 15.9. The third-order valence-electron chi connectivity index (χ3n) is 3.51. The van der Waals surface area contributed by atoms with Crippen molar-refractivity contribution in [3.8, 4) is 0 Å². The Balaban J connectivity index is 2.76. The number of rotatable bonds is 9. The fourth-order valence-corrected chi connectivity index (χ4v) is 3.93. The lowest BCUT2D eigenvalue weighted by Gasteiger charge is -2.18. The normalized spacial score (nSPS) is 13.3. The van der Waals surface area contributed by atoms with Gasteiger partial charge in [-0.05, 0) is 17.9 Å². The smallest absolute Gasteiger partial charge is 0.322 e. The highest BCUT2D eigenvalue weighted by Gasteiger charge is 2.25. The fraction of sp³-hybridized carbons (Fsp3) is 0.533. The van der Waals surface area contributed by atoms with Gasteiger partial charge in [-0.2, -0.15) is 0 Å². The van der Waals surface area contributed by atoms with Crippen molar-refractivity contribution in [3.05, 3.63) is 35.9 Å². The fourth-order valence-electron chi connectivity index (χ4n) is 2.13. The van der Waals surface area contributed by atoms with Crippen molar-refractivity contribution in [2.24, 2.45) is 5.92 Å². The number of carboxylic acid groups (broad SMARTS) is 1. The van der Waals surface area contributed by atoms with E-state index in [-0.39, 0.29) is 18.1 Å². The lowest BCUT2D eigenvalue weighted by Crippen LogP contribution is -2.44. The number of benzene rings is 1. The molecule has 1 aromatic rings. The molecule has 118 valence electrons. The largest absolute Gasteiger partial charge is 0.480 e. The Morgan fingerprint density at radius 2 is 1.76 bits per heavy atom. The van der Waals surface area contributed by atoms with Gasteiger partial charge in [0, 0.05) is 0 Å². The van der Waals surface area contributed by atoms with Crippen molar-refractivity contribution in [2.75, 3.05) is 5.75 Å². The highest BCUT2D eigenvalue weighted by Crippen LogP contribution is 2.11. The summed E-state index contributed by atoms with van der Waals surface area (Å²) in [5.74, 6) is -1.14. The molecular weight excluding hydrogens is 290 g/mol. The summed E-state index contributed by atoms with van der Waals surface area (Å²) in [6, 6.07) is 7.86. The van der Waals surface area contributed by atoms with Gasteiger partial charge in [-0.3, -0.25) is 4.79 Å². The van der Waals surface area contributed by atoms with Crippen LogP contribution in [0.3, 0.4) is 0 Å². The van der Waals surface area contributed by atoms with Crippen molar-refractivity contribution >= 4 is 16.0 Å². The second-order valence-electron chi connectivity index (χ2n) is 5.16. The van der Waals surface area contributed by atoms with Crippen molar-refractivity contribution in [1.29, 1.82) is 0 Å². The first-order chi connectivity index (χ1) is 9.88. The number of carbonyl (C=O) groups is 1. The molecule has 1 aromatic carbocycles. The molecule has 0 radical (unpaired) electrons. The van der Waals surface area contributed by atoms with E-state index in [1.807, 2.05) is 19.9 Å². The zero-order valence-electron chi connectivity index (χ0n) is 12.5. The summed E-state index contributed by atoms with van der Waals surface area (Å²) < 4.78 is 26.5. The summed E-state index contributed by atoms with van der Waals surface area (Å²) in [6.45, 7) is 3.87. The first kappa shape index (κ1) is 17.7. The van der Waals surface area contributed by atoms with E-state index in [1.54, 1.807) is 24.3 Å². The number of carboxylic acids is 1.